The van der Waals surface area contributed by atoms with E-state index in [2.05, 4.69) is 21.0 Å². The standard InChI is InChI=1S/C19H20BrN3O3S/c1-22-13-16-11-17(20)10-15(19(16)21-22)8-9-27(24,25)23(2)12-14-4-6-18(26-3)7-5-14/h4-11,13H,12H2,1-3H3/b9-8+. The third-order valence-electron chi connectivity index (χ3n) is 4.14. The molecule has 0 unspecified atom stereocenters. The van der Waals surface area contributed by atoms with Gasteiger partial charge in [0, 0.05) is 47.7 Å². The quantitative estimate of drug-likeness (QED) is 0.574. The van der Waals surface area contributed by atoms with E-state index in [1.165, 1.54) is 9.71 Å². The van der Waals surface area contributed by atoms with E-state index in [0.29, 0.717) is 0 Å². The van der Waals surface area contributed by atoms with Crippen LogP contribution in [0.1, 0.15) is 11.1 Å². The Hall–Kier alpha value is -2.16. The summed E-state index contributed by atoms with van der Waals surface area (Å²) < 4.78 is 34.3. The SMILES string of the molecule is COc1ccc(CN(C)S(=O)(=O)/C=C/c2cc(Br)cc3cn(C)nc23)cc1. The van der Waals surface area contributed by atoms with Gasteiger partial charge in [0.25, 0.3) is 0 Å². The third-order valence-corrected chi connectivity index (χ3v) is 6.07. The highest BCUT2D eigenvalue weighted by Gasteiger charge is 2.15. The first-order chi connectivity index (χ1) is 12.8. The second kappa shape index (κ2) is 7.84. The Balaban J connectivity index is 1.82. The summed E-state index contributed by atoms with van der Waals surface area (Å²) in [5.41, 5.74) is 2.37. The molecule has 8 heteroatoms. The Morgan fingerprint density at radius 2 is 1.96 bits per heavy atom. The minimum atomic E-state index is -3.58. The number of benzene rings is 2. The monoisotopic (exact) mass is 449 g/mol. The Bertz CT molecular complexity index is 1090. The highest BCUT2D eigenvalue weighted by atomic mass is 79.9. The molecule has 0 aliphatic rings. The summed E-state index contributed by atoms with van der Waals surface area (Å²) in [7, 11) is 1.41. The van der Waals surface area contributed by atoms with E-state index in [1.54, 1.807) is 24.9 Å². The molecule has 27 heavy (non-hydrogen) atoms. The number of rotatable bonds is 6. The highest BCUT2D eigenvalue weighted by Crippen LogP contribution is 2.25. The number of hydrogen-bond donors (Lipinski definition) is 0. The van der Waals surface area contributed by atoms with Gasteiger partial charge in [-0.1, -0.05) is 28.1 Å². The number of ether oxygens (including phenoxy) is 1. The molecule has 0 saturated carbocycles. The fourth-order valence-corrected chi connectivity index (χ4v) is 4.06. The van der Waals surface area contributed by atoms with Crippen LogP contribution in [0, 0.1) is 0 Å². The van der Waals surface area contributed by atoms with Crippen molar-refractivity contribution in [1.29, 1.82) is 0 Å². The second-order valence-electron chi connectivity index (χ2n) is 6.19. The molecule has 0 atom stereocenters. The average molecular weight is 450 g/mol. The summed E-state index contributed by atoms with van der Waals surface area (Å²) >= 11 is 3.46. The van der Waals surface area contributed by atoms with E-state index in [9.17, 15) is 8.42 Å². The molecule has 0 aliphatic heterocycles. The van der Waals surface area contributed by atoms with Gasteiger partial charge in [0.15, 0.2) is 0 Å². The molecule has 0 bridgehead atoms. The molecule has 0 N–H and O–H groups in total. The van der Waals surface area contributed by atoms with Gasteiger partial charge in [0.2, 0.25) is 10.0 Å². The lowest BCUT2D eigenvalue weighted by Crippen LogP contribution is -2.24. The molecule has 1 aromatic heterocycles. The van der Waals surface area contributed by atoms with Crippen molar-refractivity contribution >= 4 is 42.9 Å². The molecular formula is C19H20BrN3O3S. The van der Waals surface area contributed by atoms with Crippen molar-refractivity contribution in [3.05, 3.63) is 63.6 Å². The number of hydrogen-bond acceptors (Lipinski definition) is 4. The van der Waals surface area contributed by atoms with Crippen molar-refractivity contribution in [2.24, 2.45) is 7.05 Å². The number of aryl methyl sites for hydroxylation is 1. The topological polar surface area (TPSA) is 64.4 Å². The summed E-state index contributed by atoms with van der Waals surface area (Å²) in [6.45, 7) is 0.272. The lowest BCUT2D eigenvalue weighted by molar-refractivity contribution is 0.414. The van der Waals surface area contributed by atoms with Crippen molar-refractivity contribution in [2.75, 3.05) is 14.2 Å². The number of nitrogens with zero attached hydrogens (tertiary/aromatic N) is 3. The molecule has 1 heterocycles. The van der Waals surface area contributed by atoms with Crippen molar-refractivity contribution in [2.45, 2.75) is 6.54 Å². The minimum absolute atomic E-state index is 0.272. The van der Waals surface area contributed by atoms with Crippen LogP contribution < -0.4 is 4.74 Å². The normalized spacial score (nSPS) is 12.3. The number of halogens is 1. The highest BCUT2D eigenvalue weighted by molar-refractivity contribution is 9.10. The Morgan fingerprint density at radius 3 is 2.63 bits per heavy atom. The lowest BCUT2D eigenvalue weighted by atomic mass is 10.1. The predicted octanol–water partition coefficient (Wildman–Crippen LogP) is 3.78. The van der Waals surface area contributed by atoms with Crippen molar-refractivity contribution in [3.8, 4) is 5.75 Å². The second-order valence-corrected chi connectivity index (χ2v) is 9.03. The fraction of sp³-hybridized carbons (Fsp3) is 0.211. The third kappa shape index (κ3) is 4.58. The summed E-state index contributed by atoms with van der Waals surface area (Å²) in [4.78, 5) is 0. The molecule has 6 nitrogen and oxygen atoms in total. The summed E-state index contributed by atoms with van der Waals surface area (Å²) in [6.07, 6.45) is 3.47. The zero-order valence-electron chi connectivity index (χ0n) is 15.3. The van der Waals surface area contributed by atoms with Crippen LogP contribution in [-0.2, 0) is 23.6 Å². The Kier molecular flexibility index (Phi) is 5.69. The van der Waals surface area contributed by atoms with Gasteiger partial charge in [-0.15, -0.1) is 0 Å². The summed E-state index contributed by atoms with van der Waals surface area (Å²) in [6, 6.07) is 11.1. The first-order valence-corrected chi connectivity index (χ1v) is 10.5. The van der Waals surface area contributed by atoms with Gasteiger partial charge in [0.1, 0.15) is 5.75 Å². The van der Waals surface area contributed by atoms with Gasteiger partial charge in [-0.05, 0) is 35.9 Å². The van der Waals surface area contributed by atoms with Crippen LogP contribution in [-0.4, -0.2) is 36.7 Å². The van der Waals surface area contributed by atoms with Crippen LogP contribution in [0.25, 0.3) is 17.0 Å². The molecule has 0 amide bonds. The number of methoxy groups -OCH3 is 1. The largest absolute Gasteiger partial charge is 0.497 e. The first-order valence-electron chi connectivity index (χ1n) is 8.19. The number of sulfonamides is 1. The van der Waals surface area contributed by atoms with Gasteiger partial charge in [-0.25, -0.2) is 8.42 Å². The summed E-state index contributed by atoms with van der Waals surface area (Å²) in [5, 5.41) is 6.56. The van der Waals surface area contributed by atoms with E-state index in [0.717, 1.165) is 32.3 Å². The minimum Gasteiger partial charge on any atom is -0.497 e. The Labute approximate surface area is 167 Å². The van der Waals surface area contributed by atoms with E-state index in [-0.39, 0.29) is 6.54 Å². The molecule has 0 fully saturated rings. The van der Waals surface area contributed by atoms with Gasteiger partial charge >= 0.3 is 0 Å². The molecular weight excluding hydrogens is 430 g/mol. The molecule has 0 radical (unpaired) electrons. The van der Waals surface area contributed by atoms with Crippen molar-refractivity contribution < 1.29 is 13.2 Å². The molecule has 0 spiro atoms. The molecule has 0 aliphatic carbocycles. The first kappa shape index (κ1) is 19.6. The lowest BCUT2D eigenvalue weighted by Gasteiger charge is -2.15. The molecule has 3 rings (SSSR count). The van der Waals surface area contributed by atoms with Crippen LogP contribution in [0.3, 0.4) is 0 Å². The van der Waals surface area contributed by atoms with Gasteiger partial charge in [-0.3, -0.25) is 4.68 Å². The van der Waals surface area contributed by atoms with Crippen molar-refractivity contribution in [1.82, 2.24) is 14.1 Å². The van der Waals surface area contributed by atoms with E-state index in [4.69, 9.17) is 4.74 Å². The smallest absolute Gasteiger partial charge is 0.236 e. The zero-order chi connectivity index (χ0) is 19.6. The maximum absolute atomic E-state index is 12.6. The van der Waals surface area contributed by atoms with Gasteiger partial charge < -0.3 is 4.74 Å². The van der Waals surface area contributed by atoms with Gasteiger partial charge in [0.05, 0.1) is 12.6 Å². The average Bonchev–Trinajstić information content (AvgIpc) is 3.00. The molecule has 142 valence electrons. The van der Waals surface area contributed by atoms with Crippen LogP contribution in [0.5, 0.6) is 5.75 Å². The predicted molar refractivity (Wildman–Crippen MR) is 111 cm³/mol. The molecule has 2 aromatic carbocycles. The van der Waals surface area contributed by atoms with Crippen LogP contribution >= 0.6 is 15.9 Å². The van der Waals surface area contributed by atoms with E-state index >= 15 is 0 Å². The van der Waals surface area contributed by atoms with E-state index in [1.807, 2.05) is 49.6 Å². The molecule has 3 aromatic rings. The maximum atomic E-state index is 12.6. The summed E-state index contributed by atoms with van der Waals surface area (Å²) in [5.74, 6) is 0.734. The number of aromatic nitrogens is 2. The fourth-order valence-electron chi connectivity index (χ4n) is 2.71. The van der Waals surface area contributed by atoms with Crippen molar-refractivity contribution in [3.63, 3.8) is 0 Å². The van der Waals surface area contributed by atoms with Crippen LogP contribution in [0.4, 0.5) is 0 Å². The maximum Gasteiger partial charge on any atom is 0.236 e. The zero-order valence-corrected chi connectivity index (χ0v) is 17.7. The van der Waals surface area contributed by atoms with E-state index < -0.39 is 10.0 Å². The van der Waals surface area contributed by atoms with Crippen LogP contribution in [0.2, 0.25) is 0 Å². The Morgan fingerprint density at radius 1 is 1.26 bits per heavy atom. The van der Waals surface area contributed by atoms with Gasteiger partial charge in [-0.2, -0.15) is 9.40 Å². The van der Waals surface area contributed by atoms with Crippen LogP contribution in [0.15, 0.2) is 52.5 Å². The molecule has 0 saturated heterocycles. The number of fused-ring (bicyclic) bond motifs is 1.